The number of aryl methyl sites for hydroxylation is 1. The highest BCUT2D eigenvalue weighted by Gasteiger charge is 2.40. The number of phenolic OH excluding ortho intramolecular Hbond substituents is 1. The molecule has 0 atom stereocenters. The summed E-state index contributed by atoms with van der Waals surface area (Å²) in [7, 11) is 0. The van der Waals surface area contributed by atoms with E-state index in [4.69, 9.17) is 11.6 Å². The second-order valence-corrected chi connectivity index (χ2v) is 8.73. The van der Waals surface area contributed by atoms with E-state index in [9.17, 15) is 23.4 Å². The van der Waals surface area contributed by atoms with Crippen molar-refractivity contribution in [3.8, 4) is 39.5 Å². The molecule has 34 heavy (non-hydrogen) atoms. The normalized spacial score (nSPS) is 12.3. The van der Waals surface area contributed by atoms with Crippen LogP contribution >= 0.6 is 11.6 Å². The summed E-state index contributed by atoms with van der Waals surface area (Å²) in [5, 5.41) is 24.1. The molecule has 1 aromatic carbocycles. The van der Waals surface area contributed by atoms with E-state index in [0.29, 0.717) is 11.1 Å². The van der Waals surface area contributed by atoms with Gasteiger partial charge in [0.1, 0.15) is 5.75 Å². The Balaban J connectivity index is 1.95. The summed E-state index contributed by atoms with van der Waals surface area (Å²) < 4.78 is 43.5. The van der Waals surface area contributed by atoms with Crippen LogP contribution in [0.2, 0.25) is 5.02 Å². The molecule has 4 rings (SSSR count). The van der Waals surface area contributed by atoms with Crippen molar-refractivity contribution in [3.63, 3.8) is 0 Å². The van der Waals surface area contributed by atoms with Gasteiger partial charge in [0.2, 0.25) is 0 Å². The van der Waals surface area contributed by atoms with Crippen LogP contribution in [-0.2, 0) is 12.7 Å². The molecule has 0 radical (unpaired) electrons. The van der Waals surface area contributed by atoms with Crippen LogP contribution in [0.5, 0.6) is 5.75 Å². The van der Waals surface area contributed by atoms with Gasteiger partial charge in [-0.15, -0.1) is 0 Å². The first kappa shape index (κ1) is 23.8. The number of aromatic hydroxyl groups is 1. The first-order chi connectivity index (χ1) is 16.0. The molecule has 0 spiro atoms. The van der Waals surface area contributed by atoms with Crippen molar-refractivity contribution in [2.75, 3.05) is 0 Å². The van der Waals surface area contributed by atoms with Crippen LogP contribution in [0.15, 0.2) is 49.1 Å². The summed E-state index contributed by atoms with van der Waals surface area (Å²) in [6, 6.07) is 6.21. The van der Waals surface area contributed by atoms with Gasteiger partial charge in [-0.3, -0.25) is 4.68 Å². The molecule has 0 fully saturated rings. The number of hydrogen-bond donors (Lipinski definition) is 3. The predicted molar refractivity (Wildman–Crippen MR) is 121 cm³/mol. The van der Waals surface area contributed by atoms with Gasteiger partial charge in [-0.05, 0) is 32.4 Å². The average molecular weight is 492 g/mol. The fourth-order valence-corrected chi connectivity index (χ4v) is 3.88. The smallest absolute Gasteiger partial charge is 0.433 e. The van der Waals surface area contributed by atoms with Crippen molar-refractivity contribution in [3.05, 3.63) is 59.8 Å². The number of benzene rings is 1. The van der Waals surface area contributed by atoms with Crippen LogP contribution in [0.25, 0.3) is 33.8 Å². The lowest BCUT2D eigenvalue weighted by Gasteiger charge is -2.19. The quantitative estimate of drug-likeness (QED) is 0.329. The number of aromatic nitrogens is 5. The summed E-state index contributed by atoms with van der Waals surface area (Å²) >= 11 is 6.31. The molecule has 0 bridgehead atoms. The highest BCUT2D eigenvalue weighted by molar-refractivity contribution is 6.35. The van der Waals surface area contributed by atoms with Gasteiger partial charge < -0.3 is 15.2 Å². The van der Waals surface area contributed by atoms with Gasteiger partial charge in [0.25, 0.3) is 0 Å². The van der Waals surface area contributed by atoms with Gasteiger partial charge in [0, 0.05) is 41.8 Å². The van der Waals surface area contributed by atoms with Crippen LogP contribution in [-0.4, -0.2) is 40.5 Å². The van der Waals surface area contributed by atoms with Gasteiger partial charge >= 0.3 is 6.18 Å². The number of phenols is 1. The Morgan fingerprint density at radius 2 is 1.76 bits per heavy atom. The second kappa shape index (κ2) is 8.77. The largest absolute Gasteiger partial charge is 0.506 e. The van der Waals surface area contributed by atoms with E-state index >= 15 is 0 Å². The van der Waals surface area contributed by atoms with Crippen molar-refractivity contribution in [2.24, 2.45) is 0 Å². The molecule has 0 saturated carbocycles. The summed E-state index contributed by atoms with van der Waals surface area (Å²) in [4.78, 5) is 11.4. The average Bonchev–Trinajstić information content (AvgIpc) is 3.38. The SMILES string of the molecule is CC(C)(O)CCn1ncc(-c2[nH]cc(-c3cccc(O)c3Cl)c2-c2ncccn2)c1C(F)(F)F. The molecule has 3 aromatic heterocycles. The number of hydrogen-bond acceptors (Lipinski definition) is 5. The molecule has 3 heterocycles. The maximum atomic E-state index is 14.2. The van der Waals surface area contributed by atoms with Gasteiger partial charge in [-0.2, -0.15) is 18.3 Å². The number of H-pyrrole nitrogens is 1. The van der Waals surface area contributed by atoms with Crippen molar-refractivity contribution in [2.45, 2.75) is 38.6 Å². The highest BCUT2D eigenvalue weighted by atomic mass is 35.5. The van der Waals surface area contributed by atoms with Crippen LogP contribution in [0.3, 0.4) is 0 Å². The lowest BCUT2D eigenvalue weighted by atomic mass is 9.99. The van der Waals surface area contributed by atoms with Crippen molar-refractivity contribution < 1.29 is 23.4 Å². The summed E-state index contributed by atoms with van der Waals surface area (Å²) in [6.45, 7) is 2.90. The molecule has 0 amide bonds. The van der Waals surface area contributed by atoms with E-state index in [1.54, 1.807) is 18.2 Å². The molecular formula is C23H21ClF3N5O2. The number of aromatic amines is 1. The van der Waals surface area contributed by atoms with E-state index < -0.39 is 17.5 Å². The number of alkyl halides is 3. The third kappa shape index (κ3) is 4.64. The minimum atomic E-state index is -4.73. The Labute approximate surface area is 197 Å². The number of aliphatic hydroxyl groups is 1. The zero-order valence-electron chi connectivity index (χ0n) is 18.2. The molecule has 0 aliphatic rings. The summed E-state index contributed by atoms with van der Waals surface area (Å²) in [5.74, 6) is 0.00258. The molecule has 0 unspecified atom stereocenters. The number of rotatable bonds is 6. The lowest BCUT2D eigenvalue weighted by molar-refractivity contribution is -0.144. The van der Waals surface area contributed by atoms with Crippen LogP contribution in [0, 0.1) is 0 Å². The second-order valence-electron chi connectivity index (χ2n) is 8.35. The Morgan fingerprint density at radius 3 is 2.41 bits per heavy atom. The number of nitrogens with zero attached hydrogens (tertiary/aromatic N) is 4. The molecule has 0 saturated heterocycles. The maximum Gasteiger partial charge on any atom is 0.433 e. The number of nitrogens with one attached hydrogen (secondary N) is 1. The lowest BCUT2D eigenvalue weighted by Crippen LogP contribution is -2.24. The monoisotopic (exact) mass is 491 g/mol. The standard InChI is InChI=1S/C23H21ClF3N5O2/c1-22(2,34)7-10-32-20(23(25,26)27)15(12-31-32)19-17(21-28-8-4-9-29-21)14(11-30-19)13-5-3-6-16(33)18(13)24/h3-6,8-9,11-12,30,33-34H,7,10H2,1-2H3. The fraction of sp³-hybridized carbons (Fsp3) is 0.261. The van der Waals surface area contributed by atoms with E-state index in [0.717, 1.165) is 10.9 Å². The van der Waals surface area contributed by atoms with Crippen LogP contribution in [0.4, 0.5) is 13.2 Å². The molecule has 3 N–H and O–H groups in total. The van der Waals surface area contributed by atoms with Crippen molar-refractivity contribution in [1.82, 2.24) is 24.7 Å². The zero-order chi connectivity index (χ0) is 24.7. The van der Waals surface area contributed by atoms with Crippen molar-refractivity contribution >= 4 is 11.6 Å². The molecule has 178 valence electrons. The molecule has 11 heteroatoms. The molecule has 0 aliphatic heterocycles. The van der Waals surface area contributed by atoms with Gasteiger partial charge in [-0.1, -0.05) is 23.7 Å². The topological polar surface area (TPSA) is 99.8 Å². The highest BCUT2D eigenvalue weighted by Crippen LogP contribution is 2.45. The Morgan fingerprint density at radius 1 is 1.06 bits per heavy atom. The van der Waals surface area contributed by atoms with E-state index in [-0.39, 0.29) is 46.4 Å². The third-order valence-electron chi connectivity index (χ3n) is 5.25. The van der Waals surface area contributed by atoms with Crippen molar-refractivity contribution in [1.29, 1.82) is 0 Å². The van der Waals surface area contributed by atoms with E-state index in [1.165, 1.54) is 38.5 Å². The Bertz CT molecular complexity index is 1310. The Hall–Kier alpha value is -3.37. The van der Waals surface area contributed by atoms with E-state index in [2.05, 4.69) is 20.1 Å². The minimum Gasteiger partial charge on any atom is -0.506 e. The first-order valence-corrected chi connectivity index (χ1v) is 10.7. The maximum absolute atomic E-state index is 14.2. The summed E-state index contributed by atoms with van der Waals surface area (Å²) in [6.07, 6.45) is 0.916. The zero-order valence-corrected chi connectivity index (χ0v) is 19.0. The van der Waals surface area contributed by atoms with Crippen LogP contribution < -0.4 is 0 Å². The summed E-state index contributed by atoms with van der Waals surface area (Å²) in [5.41, 5.74) is -1.14. The molecular weight excluding hydrogens is 471 g/mol. The number of halogens is 4. The molecule has 4 aromatic rings. The fourth-order valence-electron chi connectivity index (χ4n) is 3.65. The minimum absolute atomic E-state index is 0.0437. The van der Waals surface area contributed by atoms with E-state index in [1.807, 2.05) is 0 Å². The first-order valence-electron chi connectivity index (χ1n) is 10.3. The molecule has 7 nitrogen and oxygen atoms in total. The predicted octanol–water partition coefficient (Wildman–Crippen LogP) is 5.54. The van der Waals surface area contributed by atoms with Gasteiger partial charge in [0.05, 0.1) is 28.1 Å². The Kier molecular flexibility index (Phi) is 6.13. The third-order valence-corrected chi connectivity index (χ3v) is 5.65. The van der Waals surface area contributed by atoms with Gasteiger partial charge in [0.15, 0.2) is 11.5 Å². The molecule has 0 aliphatic carbocycles. The van der Waals surface area contributed by atoms with Gasteiger partial charge in [-0.25, -0.2) is 9.97 Å². The van der Waals surface area contributed by atoms with Crippen LogP contribution in [0.1, 0.15) is 26.0 Å².